The van der Waals surface area contributed by atoms with Crippen LogP contribution in [0, 0.1) is 5.92 Å². The molecule has 0 bridgehead atoms. The van der Waals surface area contributed by atoms with Gasteiger partial charge in [-0.3, -0.25) is 9.69 Å². The summed E-state index contributed by atoms with van der Waals surface area (Å²) in [4.78, 5) is 18.9. The van der Waals surface area contributed by atoms with Crippen LogP contribution in [0.15, 0.2) is 0 Å². The SMILES string of the molecule is CC.CC.CCC1CCN(C(=O)CN2CCN(C)CC2)CC1. The third-order valence-corrected chi connectivity index (χ3v) is 4.50. The van der Waals surface area contributed by atoms with Gasteiger partial charge in [0.25, 0.3) is 0 Å². The van der Waals surface area contributed by atoms with E-state index in [1.165, 1.54) is 19.3 Å². The molecule has 4 nitrogen and oxygen atoms in total. The van der Waals surface area contributed by atoms with Crippen LogP contribution in [0.2, 0.25) is 0 Å². The topological polar surface area (TPSA) is 26.8 Å². The second kappa shape index (κ2) is 12.9. The molecular formula is C18H39N3O. The van der Waals surface area contributed by atoms with Crippen molar-refractivity contribution in [3.63, 3.8) is 0 Å². The molecule has 22 heavy (non-hydrogen) atoms. The zero-order chi connectivity index (χ0) is 17.0. The molecular weight excluding hydrogens is 274 g/mol. The summed E-state index contributed by atoms with van der Waals surface area (Å²) < 4.78 is 0. The van der Waals surface area contributed by atoms with E-state index < -0.39 is 0 Å². The van der Waals surface area contributed by atoms with Crippen molar-refractivity contribution in [3.8, 4) is 0 Å². The molecule has 0 N–H and O–H groups in total. The van der Waals surface area contributed by atoms with Crippen molar-refractivity contribution in [1.82, 2.24) is 14.7 Å². The molecule has 2 aliphatic rings. The van der Waals surface area contributed by atoms with Crippen LogP contribution in [-0.2, 0) is 4.79 Å². The van der Waals surface area contributed by atoms with Crippen molar-refractivity contribution >= 4 is 5.91 Å². The molecule has 0 aromatic rings. The first-order valence-electron chi connectivity index (χ1n) is 9.37. The third-order valence-electron chi connectivity index (χ3n) is 4.50. The first-order valence-corrected chi connectivity index (χ1v) is 9.37. The van der Waals surface area contributed by atoms with Crippen LogP contribution in [0.1, 0.15) is 53.9 Å². The molecule has 2 fully saturated rings. The van der Waals surface area contributed by atoms with E-state index in [4.69, 9.17) is 0 Å². The highest BCUT2D eigenvalue weighted by Gasteiger charge is 2.24. The van der Waals surface area contributed by atoms with Gasteiger partial charge >= 0.3 is 0 Å². The van der Waals surface area contributed by atoms with E-state index in [-0.39, 0.29) is 0 Å². The summed E-state index contributed by atoms with van der Waals surface area (Å²) in [6.45, 7) is 17.1. The smallest absolute Gasteiger partial charge is 0.236 e. The van der Waals surface area contributed by atoms with Crippen LogP contribution in [0.25, 0.3) is 0 Å². The van der Waals surface area contributed by atoms with E-state index in [9.17, 15) is 4.79 Å². The molecule has 2 aliphatic heterocycles. The molecule has 2 heterocycles. The Morgan fingerprint density at radius 2 is 1.41 bits per heavy atom. The molecule has 2 saturated heterocycles. The molecule has 2 rings (SSSR count). The minimum atomic E-state index is 0.342. The quantitative estimate of drug-likeness (QED) is 0.801. The zero-order valence-electron chi connectivity index (χ0n) is 15.9. The van der Waals surface area contributed by atoms with Crippen LogP contribution < -0.4 is 0 Å². The summed E-state index contributed by atoms with van der Waals surface area (Å²) in [5.41, 5.74) is 0. The first kappa shape index (κ1) is 21.4. The Bertz CT molecular complexity index is 268. The largest absolute Gasteiger partial charge is 0.342 e. The number of hydrogen-bond donors (Lipinski definition) is 0. The number of piperazine rings is 1. The molecule has 0 spiro atoms. The number of amides is 1. The number of carbonyl (C=O) groups is 1. The Balaban J connectivity index is 0.00000102. The van der Waals surface area contributed by atoms with Gasteiger partial charge in [0.1, 0.15) is 0 Å². The lowest BCUT2D eigenvalue weighted by atomic mass is 9.94. The maximum Gasteiger partial charge on any atom is 0.236 e. The van der Waals surface area contributed by atoms with Gasteiger partial charge < -0.3 is 9.80 Å². The van der Waals surface area contributed by atoms with E-state index >= 15 is 0 Å². The average Bonchev–Trinajstić information content (AvgIpc) is 2.60. The summed E-state index contributed by atoms with van der Waals surface area (Å²) in [5, 5.41) is 0. The van der Waals surface area contributed by atoms with E-state index in [0.717, 1.165) is 45.2 Å². The Morgan fingerprint density at radius 3 is 1.86 bits per heavy atom. The van der Waals surface area contributed by atoms with Gasteiger partial charge in [-0.25, -0.2) is 0 Å². The summed E-state index contributed by atoms with van der Waals surface area (Å²) in [7, 11) is 2.15. The van der Waals surface area contributed by atoms with Crippen LogP contribution in [0.5, 0.6) is 0 Å². The summed E-state index contributed by atoms with van der Waals surface area (Å²) in [6, 6.07) is 0. The number of likely N-dealkylation sites (tertiary alicyclic amines) is 1. The first-order chi connectivity index (χ1) is 10.7. The fraction of sp³-hybridized carbons (Fsp3) is 0.944. The number of piperidine rings is 1. The van der Waals surface area contributed by atoms with Crippen molar-refractivity contribution in [3.05, 3.63) is 0 Å². The van der Waals surface area contributed by atoms with Crippen molar-refractivity contribution in [2.45, 2.75) is 53.9 Å². The molecule has 0 aromatic carbocycles. The van der Waals surface area contributed by atoms with Crippen LogP contribution in [0.4, 0.5) is 0 Å². The van der Waals surface area contributed by atoms with E-state index in [2.05, 4.69) is 28.7 Å². The zero-order valence-corrected chi connectivity index (χ0v) is 15.9. The van der Waals surface area contributed by atoms with Crippen LogP contribution in [0.3, 0.4) is 0 Å². The van der Waals surface area contributed by atoms with Gasteiger partial charge in [-0.2, -0.15) is 0 Å². The fourth-order valence-corrected chi connectivity index (χ4v) is 2.89. The fourth-order valence-electron chi connectivity index (χ4n) is 2.89. The van der Waals surface area contributed by atoms with Crippen molar-refractivity contribution in [2.75, 3.05) is 52.9 Å². The maximum absolute atomic E-state index is 12.2. The van der Waals surface area contributed by atoms with Crippen molar-refractivity contribution in [1.29, 1.82) is 0 Å². The lowest BCUT2D eigenvalue weighted by Crippen LogP contribution is -2.50. The predicted octanol–water partition coefficient (Wildman–Crippen LogP) is 2.93. The van der Waals surface area contributed by atoms with Gasteiger partial charge in [0, 0.05) is 39.3 Å². The number of likely N-dealkylation sites (N-methyl/N-ethyl adjacent to an activating group) is 1. The summed E-state index contributed by atoms with van der Waals surface area (Å²) in [6.07, 6.45) is 3.66. The number of rotatable bonds is 3. The summed E-state index contributed by atoms with van der Waals surface area (Å²) in [5.74, 6) is 1.19. The van der Waals surface area contributed by atoms with E-state index in [1.54, 1.807) is 0 Å². The Hall–Kier alpha value is -0.610. The van der Waals surface area contributed by atoms with Gasteiger partial charge in [-0.05, 0) is 25.8 Å². The highest BCUT2D eigenvalue weighted by Crippen LogP contribution is 2.20. The number of carbonyl (C=O) groups excluding carboxylic acids is 1. The molecule has 0 saturated carbocycles. The number of hydrogen-bond acceptors (Lipinski definition) is 3. The molecule has 0 atom stereocenters. The second-order valence-electron chi connectivity index (χ2n) is 5.81. The van der Waals surface area contributed by atoms with Crippen molar-refractivity contribution < 1.29 is 4.79 Å². The monoisotopic (exact) mass is 313 g/mol. The highest BCUT2D eigenvalue weighted by molar-refractivity contribution is 5.78. The molecule has 132 valence electrons. The molecule has 1 amide bonds. The van der Waals surface area contributed by atoms with Crippen LogP contribution in [-0.4, -0.2) is 73.5 Å². The minimum absolute atomic E-state index is 0.342. The standard InChI is InChI=1S/C14H27N3O.2C2H6/c1-3-13-4-6-17(7-5-13)14(18)12-16-10-8-15(2)9-11-16;2*1-2/h13H,3-12H2,1-2H3;2*1-2H3. The average molecular weight is 314 g/mol. The van der Waals surface area contributed by atoms with Gasteiger partial charge in [0.2, 0.25) is 5.91 Å². The third kappa shape index (κ3) is 7.59. The Kier molecular flexibility index (Phi) is 12.5. The second-order valence-corrected chi connectivity index (χ2v) is 5.81. The van der Waals surface area contributed by atoms with Gasteiger partial charge in [-0.1, -0.05) is 41.0 Å². The molecule has 4 heteroatoms. The molecule has 0 radical (unpaired) electrons. The van der Waals surface area contributed by atoms with E-state index in [0.29, 0.717) is 12.5 Å². The normalized spacial score (nSPS) is 20.5. The molecule has 0 unspecified atom stereocenters. The highest BCUT2D eigenvalue weighted by atomic mass is 16.2. The maximum atomic E-state index is 12.2. The number of nitrogens with zero attached hydrogens (tertiary/aromatic N) is 3. The predicted molar refractivity (Wildman–Crippen MR) is 96.2 cm³/mol. The lowest BCUT2D eigenvalue weighted by molar-refractivity contribution is -0.134. The molecule has 0 aromatic heterocycles. The van der Waals surface area contributed by atoms with Crippen LogP contribution >= 0.6 is 0 Å². The summed E-state index contributed by atoms with van der Waals surface area (Å²) >= 11 is 0. The Labute approximate surface area is 138 Å². The van der Waals surface area contributed by atoms with Crippen molar-refractivity contribution in [2.24, 2.45) is 5.92 Å². The lowest BCUT2D eigenvalue weighted by Gasteiger charge is -2.35. The van der Waals surface area contributed by atoms with Gasteiger partial charge in [0.05, 0.1) is 6.54 Å². The minimum Gasteiger partial charge on any atom is -0.342 e. The van der Waals surface area contributed by atoms with Gasteiger partial charge in [0.15, 0.2) is 0 Å². The Morgan fingerprint density at radius 1 is 0.909 bits per heavy atom. The van der Waals surface area contributed by atoms with Gasteiger partial charge in [-0.15, -0.1) is 0 Å². The molecule has 0 aliphatic carbocycles. The van der Waals surface area contributed by atoms with E-state index in [1.807, 2.05) is 27.7 Å².